The van der Waals surface area contributed by atoms with Gasteiger partial charge in [0, 0.05) is 18.7 Å². The number of halogens is 4. The van der Waals surface area contributed by atoms with Crippen molar-refractivity contribution in [2.45, 2.75) is 18.8 Å². The van der Waals surface area contributed by atoms with Gasteiger partial charge in [-0.1, -0.05) is 5.16 Å². The molecule has 4 nitrogen and oxygen atoms in total. The second-order valence-electron chi connectivity index (χ2n) is 4.74. The van der Waals surface area contributed by atoms with E-state index in [9.17, 15) is 13.2 Å². The predicted molar refractivity (Wildman–Crippen MR) is 71.7 cm³/mol. The Labute approximate surface area is 125 Å². The van der Waals surface area contributed by atoms with Gasteiger partial charge in [0.2, 0.25) is 11.7 Å². The van der Waals surface area contributed by atoms with Gasteiger partial charge in [-0.15, -0.1) is 12.4 Å². The smallest absolute Gasteiger partial charge is 0.231 e. The van der Waals surface area contributed by atoms with Crippen LogP contribution >= 0.6 is 12.4 Å². The van der Waals surface area contributed by atoms with Crippen molar-refractivity contribution in [2.75, 3.05) is 13.1 Å². The molecule has 0 amide bonds. The minimum Gasteiger partial charge on any atom is -0.339 e. The van der Waals surface area contributed by atoms with Gasteiger partial charge in [-0.05, 0) is 19.4 Å². The van der Waals surface area contributed by atoms with E-state index in [4.69, 9.17) is 4.52 Å². The lowest BCUT2D eigenvalue weighted by Crippen LogP contribution is -2.28. The number of hydrogen-bond donors (Lipinski definition) is 1. The Hall–Kier alpha value is -1.60. The fourth-order valence-electron chi connectivity index (χ4n) is 2.32. The van der Waals surface area contributed by atoms with Crippen LogP contribution in [0, 0.1) is 17.5 Å². The Bertz CT molecular complexity index is 606. The maximum Gasteiger partial charge on any atom is 0.231 e. The van der Waals surface area contributed by atoms with Gasteiger partial charge in [-0.3, -0.25) is 0 Å². The van der Waals surface area contributed by atoms with Gasteiger partial charge >= 0.3 is 0 Å². The first kappa shape index (κ1) is 15.8. The van der Waals surface area contributed by atoms with E-state index < -0.39 is 23.0 Å². The standard InChI is InChI=1S/C13H12F3N3O.ClH/c14-8-4-9(15)11(10(16)5-8)12-18-13(20-19-12)7-2-1-3-17-6-7;/h4-5,7,17H,1-3,6H2;1H/t7-;/m0./s1. The summed E-state index contributed by atoms with van der Waals surface area (Å²) in [6.45, 7) is 1.62. The van der Waals surface area contributed by atoms with Crippen LogP contribution in [0.25, 0.3) is 11.4 Å². The predicted octanol–water partition coefficient (Wildman–Crippen LogP) is 3.04. The third-order valence-corrected chi connectivity index (χ3v) is 3.32. The van der Waals surface area contributed by atoms with Crippen LogP contribution in [0.1, 0.15) is 24.7 Å². The molecule has 1 fully saturated rings. The first-order valence-electron chi connectivity index (χ1n) is 6.34. The van der Waals surface area contributed by atoms with E-state index in [2.05, 4.69) is 15.5 Å². The molecule has 0 unspecified atom stereocenters. The quantitative estimate of drug-likeness (QED) is 0.924. The zero-order valence-corrected chi connectivity index (χ0v) is 11.7. The summed E-state index contributed by atoms with van der Waals surface area (Å²) >= 11 is 0. The van der Waals surface area contributed by atoms with Crippen molar-refractivity contribution in [3.8, 4) is 11.4 Å². The molecule has 0 aliphatic carbocycles. The number of nitrogens with zero attached hydrogens (tertiary/aromatic N) is 2. The monoisotopic (exact) mass is 319 g/mol. The number of hydrogen-bond acceptors (Lipinski definition) is 4. The fraction of sp³-hybridized carbons (Fsp3) is 0.385. The van der Waals surface area contributed by atoms with E-state index >= 15 is 0 Å². The molecule has 1 aliphatic heterocycles. The normalized spacial score (nSPS) is 18.3. The Balaban J connectivity index is 0.00000161. The molecular formula is C13H13ClF3N3O. The molecule has 1 aromatic carbocycles. The van der Waals surface area contributed by atoms with Gasteiger partial charge in [0.1, 0.15) is 17.5 Å². The highest BCUT2D eigenvalue weighted by Crippen LogP contribution is 2.28. The van der Waals surface area contributed by atoms with Gasteiger partial charge in [0.05, 0.1) is 11.5 Å². The van der Waals surface area contributed by atoms with Crippen LogP contribution in [0.4, 0.5) is 13.2 Å². The number of aromatic nitrogens is 2. The van der Waals surface area contributed by atoms with Crippen molar-refractivity contribution in [2.24, 2.45) is 0 Å². The number of benzene rings is 1. The van der Waals surface area contributed by atoms with E-state index in [0.29, 0.717) is 24.6 Å². The number of piperidine rings is 1. The van der Waals surface area contributed by atoms with E-state index in [-0.39, 0.29) is 24.1 Å². The van der Waals surface area contributed by atoms with Crippen LogP contribution in [0.2, 0.25) is 0 Å². The van der Waals surface area contributed by atoms with Crippen LogP contribution in [0.5, 0.6) is 0 Å². The molecule has 0 spiro atoms. The van der Waals surface area contributed by atoms with Crippen molar-refractivity contribution in [1.82, 2.24) is 15.5 Å². The summed E-state index contributed by atoms with van der Waals surface area (Å²) in [5.41, 5.74) is -0.467. The number of nitrogens with one attached hydrogen (secondary N) is 1. The van der Waals surface area contributed by atoms with Crippen molar-refractivity contribution in [1.29, 1.82) is 0 Å². The Kier molecular flexibility index (Phi) is 4.84. The zero-order valence-electron chi connectivity index (χ0n) is 10.9. The van der Waals surface area contributed by atoms with Crippen molar-refractivity contribution in [3.05, 3.63) is 35.5 Å². The molecule has 0 radical (unpaired) electrons. The molecule has 1 saturated heterocycles. The second kappa shape index (κ2) is 6.44. The van der Waals surface area contributed by atoms with Crippen LogP contribution in [-0.2, 0) is 0 Å². The SMILES string of the molecule is Cl.Fc1cc(F)c(-c2noc([C@H]3CCCNC3)n2)c(F)c1. The summed E-state index contributed by atoms with van der Waals surface area (Å²) in [7, 11) is 0. The molecule has 3 rings (SSSR count). The molecule has 2 heterocycles. The second-order valence-corrected chi connectivity index (χ2v) is 4.74. The van der Waals surface area contributed by atoms with Gasteiger partial charge in [-0.25, -0.2) is 13.2 Å². The topological polar surface area (TPSA) is 51.0 Å². The molecule has 1 atom stereocenters. The Morgan fingerprint density at radius 3 is 2.52 bits per heavy atom. The van der Waals surface area contributed by atoms with Crippen LogP contribution < -0.4 is 5.32 Å². The maximum atomic E-state index is 13.6. The van der Waals surface area contributed by atoms with Crippen molar-refractivity contribution in [3.63, 3.8) is 0 Å². The van der Waals surface area contributed by atoms with Gasteiger partial charge < -0.3 is 9.84 Å². The molecule has 2 aromatic rings. The summed E-state index contributed by atoms with van der Waals surface area (Å²) < 4.78 is 45.2. The van der Waals surface area contributed by atoms with Crippen LogP contribution in [-0.4, -0.2) is 23.2 Å². The van der Waals surface area contributed by atoms with E-state index in [0.717, 1.165) is 19.4 Å². The first-order valence-corrected chi connectivity index (χ1v) is 6.34. The maximum absolute atomic E-state index is 13.6. The molecule has 0 saturated carbocycles. The molecule has 1 N–H and O–H groups in total. The highest BCUT2D eigenvalue weighted by atomic mass is 35.5. The summed E-state index contributed by atoms with van der Waals surface area (Å²) in [6, 6.07) is 1.19. The van der Waals surface area contributed by atoms with E-state index in [1.54, 1.807) is 0 Å². The summed E-state index contributed by atoms with van der Waals surface area (Å²) in [6.07, 6.45) is 1.85. The molecule has 0 bridgehead atoms. The summed E-state index contributed by atoms with van der Waals surface area (Å²) in [5.74, 6) is -2.88. The minimum atomic E-state index is -1.04. The minimum absolute atomic E-state index is 0. The zero-order chi connectivity index (χ0) is 14.1. The van der Waals surface area contributed by atoms with Gasteiger partial charge in [-0.2, -0.15) is 4.98 Å². The van der Waals surface area contributed by atoms with Crippen molar-refractivity contribution < 1.29 is 17.7 Å². The van der Waals surface area contributed by atoms with Crippen molar-refractivity contribution >= 4 is 12.4 Å². The average molecular weight is 320 g/mol. The Morgan fingerprint density at radius 2 is 1.90 bits per heavy atom. The third-order valence-electron chi connectivity index (χ3n) is 3.32. The molecular weight excluding hydrogens is 307 g/mol. The van der Waals surface area contributed by atoms with Crippen LogP contribution in [0.3, 0.4) is 0 Å². The third kappa shape index (κ3) is 3.19. The van der Waals surface area contributed by atoms with Gasteiger partial charge in [0.15, 0.2) is 0 Å². The van der Waals surface area contributed by atoms with Gasteiger partial charge in [0.25, 0.3) is 0 Å². The lowest BCUT2D eigenvalue weighted by Gasteiger charge is -2.18. The summed E-state index contributed by atoms with van der Waals surface area (Å²) in [4.78, 5) is 4.04. The molecule has 114 valence electrons. The molecule has 1 aromatic heterocycles. The largest absolute Gasteiger partial charge is 0.339 e. The highest BCUT2D eigenvalue weighted by Gasteiger charge is 2.24. The summed E-state index contributed by atoms with van der Waals surface area (Å²) in [5, 5.41) is 6.78. The molecule has 1 aliphatic rings. The highest BCUT2D eigenvalue weighted by molar-refractivity contribution is 5.85. The number of rotatable bonds is 2. The van der Waals surface area contributed by atoms with E-state index in [1.165, 1.54) is 0 Å². The molecule has 8 heteroatoms. The average Bonchev–Trinajstić information content (AvgIpc) is 2.88. The van der Waals surface area contributed by atoms with E-state index in [1.807, 2.05) is 0 Å². The lowest BCUT2D eigenvalue weighted by atomic mass is 10.00. The Morgan fingerprint density at radius 1 is 1.19 bits per heavy atom. The van der Waals surface area contributed by atoms with Crippen LogP contribution in [0.15, 0.2) is 16.7 Å². The first-order chi connectivity index (χ1) is 9.65. The lowest BCUT2D eigenvalue weighted by molar-refractivity contribution is 0.322. The fourth-order valence-corrected chi connectivity index (χ4v) is 2.32. The molecule has 21 heavy (non-hydrogen) atoms.